The highest BCUT2D eigenvalue weighted by Crippen LogP contribution is 2.15. The molecule has 1 aromatic rings. The lowest BCUT2D eigenvalue weighted by Gasteiger charge is -2.15. The average molecular weight is 247 g/mol. The van der Waals surface area contributed by atoms with Crippen molar-refractivity contribution < 1.29 is 9.90 Å². The maximum Gasteiger partial charge on any atom is 0.253 e. The molecule has 1 aliphatic heterocycles. The number of nitrogens with zero attached hydrogens (tertiary/aromatic N) is 1. The Kier molecular flexibility index (Phi) is 4.37. The van der Waals surface area contributed by atoms with E-state index >= 15 is 0 Å². The molecule has 0 aromatic heterocycles. The van der Waals surface area contributed by atoms with E-state index in [1.807, 2.05) is 24.3 Å². The summed E-state index contributed by atoms with van der Waals surface area (Å²) in [7, 11) is 0. The molecule has 0 radical (unpaired) electrons. The van der Waals surface area contributed by atoms with Crippen LogP contribution in [0.4, 0.5) is 0 Å². The largest absolute Gasteiger partial charge is 0.391 e. The number of hydrogen-bond donors (Lipinski definition) is 1. The van der Waals surface area contributed by atoms with Crippen molar-refractivity contribution in [2.24, 2.45) is 0 Å². The fourth-order valence-corrected chi connectivity index (χ4v) is 2.30. The minimum atomic E-state index is -0.349. The van der Waals surface area contributed by atoms with Crippen LogP contribution in [0.3, 0.4) is 0 Å². The molecule has 0 spiro atoms. The zero-order valence-corrected chi connectivity index (χ0v) is 10.9. The number of amides is 1. The molecule has 0 bridgehead atoms. The van der Waals surface area contributed by atoms with Gasteiger partial charge < -0.3 is 10.0 Å². The maximum absolute atomic E-state index is 12.1. The first-order valence-corrected chi connectivity index (χ1v) is 6.77. The minimum absolute atomic E-state index is 0.0357. The molecule has 1 amide bonds. The van der Waals surface area contributed by atoms with Crippen molar-refractivity contribution in [1.82, 2.24) is 4.90 Å². The molecule has 3 nitrogen and oxygen atoms in total. The zero-order valence-electron chi connectivity index (χ0n) is 10.9. The number of unbranched alkanes of at least 4 members (excludes halogenated alkanes) is 1. The monoisotopic (exact) mass is 247 g/mol. The summed E-state index contributed by atoms with van der Waals surface area (Å²) in [5.41, 5.74) is 2.01. The van der Waals surface area contributed by atoms with E-state index in [1.54, 1.807) is 4.90 Å². The summed E-state index contributed by atoms with van der Waals surface area (Å²) < 4.78 is 0. The van der Waals surface area contributed by atoms with Gasteiger partial charge >= 0.3 is 0 Å². The zero-order chi connectivity index (χ0) is 13.0. The topological polar surface area (TPSA) is 40.5 Å². The van der Waals surface area contributed by atoms with Gasteiger partial charge in [0.1, 0.15) is 0 Å². The molecule has 0 unspecified atom stereocenters. The number of aryl methyl sites for hydroxylation is 1. The van der Waals surface area contributed by atoms with E-state index in [0.717, 1.165) is 12.0 Å². The van der Waals surface area contributed by atoms with Crippen LogP contribution in [0.15, 0.2) is 24.3 Å². The number of hydrogen-bond acceptors (Lipinski definition) is 2. The molecular formula is C15H21NO2. The van der Waals surface area contributed by atoms with Gasteiger partial charge in [0.15, 0.2) is 0 Å². The Labute approximate surface area is 108 Å². The first kappa shape index (κ1) is 13.1. The van der Waals surface area contributed by atoms with Crippen molar-refractivity contribution in [3.8, 4) is 0 Å². The van der Waals surface area contributed by atoms with Crippen molar-refractivity contribution in [3.05, 3.63) is 35.4 Å². The highest BCUT2D eigenvalue weighted by Gasteiger charge is 2.25. The van der Waals surface area contributed by atoms with Crippen LogP contribution in [0.5, 0.6) is 0 Å². The lowest BCUT2D eigenvalue weighted by atomic mass is 10.1. The van der Waals surface area contributed by atoms with Gasteiger partial charge in [0.2, 0.25) is 0 Å². The quantitative estimate of drug-likeness (QED) is 0.886. The number of β-amino-alcohol motifs (C(OH)–C–C–N with tert-alkyl or cyclic N) is 1. The van der Waals surface area contributed by atoms with Gasteiger partial charge in [0, 0.05) is 18.7 Å². The van der Waals surface area contributed by atoms with Crippen LogP contribution in [-0.4, -0.2) is 35.1 Å². The van der Waals surface area contributed by atoms with E-state index in [0.29, 0.717) is 19.5 Å². The van der Waals surface area contributed by atoms with Crippen LogP contribution in [0.1, 0.15) is 42.1 Å². The SMILES string of the molecule is CCCCc1ccc(C(=O)N2CC[C@@H](O)C2)cc1. The second-order valence-corrected chi connectivity index (χ2v) is 4.99. The number of likely N-dealkylation sites (tertiary alicyclic amines) is 1. The molecule has 1 fully saturated rings. The molecule has 0 saturated carbocycles. The van der Waals surface area contributed by atoms with E-state index < -0.39 is 0 Å². The van der Waals surface area contributed by atoms with Gasteiger partial charge in [0.05, 0.1) is 6.10 Å². The molecule has 1 heterocycles. The summed E-state index contributed by atoms with van der Waals surface area (Å²) >= 11 is 0. The van der Waals surface area contributed by atoms with Crippen molar-refractivity contribution in [2.75, 3.05) is 13.1 Å². The molecule has 1 aromatic carbocycles. The Balaban J connectivity index is 1.98. The first-order valence-electron chi connectivity index (χ1n) is 6.77. The molecule has 1 aliphatic rings. The maximum atomic E-state index is 12.1. The third kappa shape index (κ3) is 3.10. The molecule has 1 saturated heterocycles. The van der Waals surface area contributed by atoms with E-state index in [2.05, 4.69) is 6.92 Å². The normalized spacial score (nSPS) is 19.2. The van der Waals surface area contributed by atoms with E-state index in [9.17, 15) is 9.90 Å². The molecule has 1 atom stereocenters. The number of carbonyl (C=O) groups is 1. The van der Waals surface area contributed by atoms with Gasteiger partial charge in [-0.3, -0.25) is 4.79 Å². The minimum Gasteiger partial charge on any atom is -0.391 e. The van der Waals surface area contributed by atoms with E-state index in [-0.39, 0.29) is 12.0 Å². The van der Waals surface area contributed by atoms with Gasteiger partial charge in [-0.2, -0.15) is 0 Å². The highest BCUT2D eigenvalue weighted by molar-refractivity contribution is 5.94. The predicted molar refractivity (Wildman–Crippen MR) is 71.6 cm³/mol. The van der Waals surface area contributed by atoms with Gasteiger partial charge in [-0.25, -0.2) is 0 Å². The van der Waals surface area contributed by atoms with Crippen LogP contribution in [0.25, 0.3) is 0 Å². The molecule has 3 heteroatoms. The van der Waals surface area contributed by atoms with Crippen molar-refractivity contribution in [2.45, 2.75) is 38.7 Å². The number of aliphatic hydroxyl groups excluding tert-OH is 1. The van der Waals surface area contributed by atoms with Gasteiger partial charge in [-0.05, 0) is 37.0 Å². The van der Waals surface area contributed by atoms with Crippen LogP contribution < -0.4 is 0 Å². The lowest BCUT2D eigenvalue weighted by molar-refractivity contribution is 0.0765. The fraction of sp³-hybridized carbons (Fsp3) is 0.533. The smallest absolute Gasteiger partial charge is 0.253 e. The summed E-state index contributed by atoms with van der Waals surface area (Å²) in [5, 5.41) is 9.44. The number of benzene rings is 1. The third-order valence-electron chi connectivity index (χ3n) is 3.47. The predicted octanol–water partition coefficient (Wildman–Crippen LogP) is 2.24. The van der Waals surface area contributed by atoms with Gasteiger partial charge in [0.25, 0.3) is 5.91 Å². The lowest BCUT2D eigenvalue weighted by Crippen LogP contribution is -2.29. The second kappa shape index (κ2) is 6.01. The third-order valence-corrected chi connectivity index (χ3v) is 3.47. The van der Waals surface area contributed by atoms with Crippen molar-refractivity contribution in [1.29, 1.82) is 0 Å². The molecule has 18 heavy (non-hydrogen) atoms. The summed E-state index contributed by atoms with van der Waals surface area (Å²) in [6.45, 7) is 3.31. The summed E-state index contributed by atoms with van der Waals surface area (Å²) in [5.74, 6) is 0.0357. The summed E-state index contributed by atoms with van der Waals surface area (Å²) in [6, 6.07) is 7.88. The van der Waals surface area contributed by atoms with Crippen LogP contribution in [-0.2, 0) is 6.42 Å². The molecule has 98 valence electrons. The molecule has 0 aliphatic carbocycles. The first-order chi connectivity index (χ1) is 8.70. The Morgan fingerprint density at radius 1 is 1.39 bits per heavy atom. The summed E-state index contributed by atoms with van der Waals surface area (Å²) in [4.78, 5) is 13.9. The fourth-order valence-electron chi connectivity index (χ4n) is 2.30. The molecular weight excluding hydrogens is 226 g/mol. The second-order valence-electron chi connectivity index (χ2n) is 4.99. The van der Waals surface area contributed by atoms with E-state index in [1.165, 1.54) is 18.4 Å². The highest BCUT2D eigenvalue weighted by atomic mass is 16.3. The number of aliphatic hydroxyl groups is 1. The Morgan fingerprint density at radius 2 is 2.11 bits per heavy atom. The number of rotatable bonds is 4. The average Bonchev–Trinajstić information content (AvgIpc) is 2.83. The Hall–Kier alpha value is -1.35. The van der Waals surface area contributed by atoms with Crippen LogP contribution >= 0.6 is 0 Å². The summed E-state index contributed by atoms with van der Waals surface area (Å²) in [6.07, 6.45) is 3.80. The van der Waals surface area contributed by atoms with Crippen molar-refractivity contribution in [3.63, 3.8) is 0 Å². The Bertz CT molecular complexity index is 399. The molecule has 1 N–H and O–H groups in total. The molecule has 2 rings (SSSR count). The van der Waals surface area contributed by atoms with Gasteiger partial charge in [-0.15, -0.1) is 0 Å². The van der Waals surface area contributed by atoms with Crippen LogP contribution in [0, 0.1) is 0 Å². The standard InChI is InChI=1S/C15H21NO2/c1-2-3-4-12-5-7-13(8-6-12)15(18)16-10-9-14(17)11-16/h5-8,14,17H,2-4,9-11H2,1H3/t14-/m1/s1. The van der Waals surface area contributed by atoms with Crippen molar-refractivity contribution >= 4 is 5.91 Å². The Morgan fingerprint density at radius 3 is 2.67 bits per heavy atom. The number of carbonyl (C=O) groups excluding carboxylic acids is 1. The van der Waals surface area contributed by atoms with E-state index in [4.69, 9.17) is 0 Å². The van der Waals surface area contributed by atoms with Crippen LogP contribution in [0.2, 0.25) is 0 Å². The van der Waals surface area contributed by atoms with Gasteiger partial charge in [-0.1, -0.05) is 25.5 Å².